The van der Waals surface area contributed by atoms with E-state index in [2.05, 4.69) is 14.9 Å². The molecule has 0 bridgehead atoms. The summed E-state index contributed by atoms with van der Waals surface area (Å²) in [6.45, 7) is 2.86. The average molecular weight is 442 g/mol. The number of aromatic hydroxyl groups is 1. The Kier molecular flexibility index (Phi) is 6.03. The summed E-state index contributed by atoms with van der Waals surface area (Å²) in [5.41, 5.74) is 0.974. The second-order valence-electron chi connectivity index (χ2n) is 7.30. The van der Waals surface area contributed by atoms with Crippen molar-refractivity contribution in [3.8, 4) is 11.5 Å². The Morgan fingerprint density at radius 1 is 1.39 bits per heavy atom. The van der Waals surface area contributed by atoms with Gasteiger partial charge in [-0.25, -0.2) is 4.98 Å². The molecule has 1 unspecified atom stereocenters. The highest BCUT2D eigenvalue weighted by molar-refractivity contribution is 7.99. The van der Waals surface area contributed by atoms with Crippen LogP contribution < -0.4 is 15.5 Å². The van der Waals surface area contributed by atoms with Gasteiger partial charge in [0.05, 0.1) is 25.3 Å². The zero-order chi connectivity index (χ0) is 22.0. The highest BCUT2D eigenvalue weighted by Gasteiger charge is 2.26. The van der Waals surface area contributed by atoms with E-state index in [0.29, 0.717) is 18.1 Å². The monoisotopic (exact) mass is 441 g/mol. The lowest BCUT2D eigenvalue weighted by molar-refractivity contribution is -0.121. The van der Waals surface area contributed by atoms with Gasteiger partial charge >= 0.3 is 0 Å². The number of hydrogen-bond acceptors (Lipinski definition) is 7. The summed E-state index contributed by atoms with van der Waals surface area (Å²) in [6.07, 6.45) is 1.94. The van der Waals surface area contributed by atoms with E-state index in [9.17, 15) is 14.7 Å². The topological polar surface area (TPSA) is 107 Å². The molecule has 0 aliphatic carbocycles. The van der Waals surface area contributed by atoms with Crippen LogP contribution >= 0.6 is 11.8 Å². The molecular formula is C22H23N3O5S. The van der Waals surface area contributed by atoms with Crippen molar-refractivity contribution in [2.24, 2.45) is 0 Å². The van der Waals surface area contributed by atoms with E-state index in [-0.39, 0.29) is 18.1 Å². The zero-order valence-electron chi connectivity index (χ0n) is 17.3. The van der Waals surface area contributed by atoms with Crippen LogP contribution in [0, 0.1) is 6.92 Å². The molecule has 2 N–H and O–H groups in total. The predicted molar refractivity (Wildman–Crippen MR) is 116 cm³/mol. The van der Waals surface area contributed by atoms with Gasteiger partial charge in [0.2, 0.25) is 17.1 Å². The molecule has 8 nitrogen and oxygen atoms in total. The van der Waals surface area contributed by atoms with Gasteiger partial charge in [-0.2, -0.15) is 0 Å². The quantitative estimate of drug-likeness (QED) is 0.581. The van der Waals surface area contributed by atoms with Crippen LogP contribution in [0.1, 0.15) is 35.1 Å². The molecule has 0 radical (unpaired) electrons. The van der Waals surface area contributed by atoms with Crippen LogP contribution in [-0.2, 0) is 17.9 Å². The molecule has 1 aliphatic heterocycles. The molecule has 0 fully saturated rings. The number of nitrogens with one attached hydrogen (secondary N) is 1. The van der Waals surface area contributed by atoms with Gasteiger partial charge in [0.15, 0.2) is 10.9 Å². The minimum Gasteiger partial charge on any atom is -0.502 e. The molecule has 1 amide bonds. The Balaban J connectivity index is 1.56. The van der Waals surface area contributed by atoms with Gasteiger partial charge in [-0.15, -0.1) is 0 Å². The minimum atomic E-state index is -0.638. The minimum absolute atomic E-state index is 0.00536. The number of aryl methyl sites for hydroxylation is 2. The molecule has 3 aromatic rings. The van der Waals surface area contributed by atoms with E-state index in [0.717, 1.165) is 28.7 Å². The van der Waals surface area contributed by atoms with Crippen molar-refractivity contribution >= 4 is 17.7 Å². The first-order chi connectivity index (χ1) is 14.9. The summed E-state index contributed by atoms with van der Waals surface area (Å²) < 4.78 is 13.0. The van der Waals surface area contributed by atoms with Crippen LogP contribution in [-0.4, -0.2) is 33.4 Å². The Bertz CT molecular complexity index is 1130. The van der Waals surface area contributed by atoms with Gasteiger partial charge in [-0.1, -0.05) is 23.9 Å². The number of methoxy groups -OCH3 is 1. The summed E-state index contributed by atoms with van der Waals surface area (Å²) in [7, 11) is 1.57. The number of nitrogens with zero attached hydrogens (tertiary/aromatic N) is 2. The Hall–Kier alpha value is -3.20. The van der Waals surface area contributed by atoms with Crippen LogP contribution in [0.15, 0.2) is 50.9 Å². The second-order valence-corrected chi connectivity index (χ2v) is 8.36. The average Bonchev–Trinajstić information content (AvgIpc) is 3.35. The maximum Gasteiger partial charge on any atom is 0.227 e. The number of carbonyl (C=O) groups is 1. The number of rotatable bonds is 7. The van der Waals surface area contributed by atoms with Crippen molar-refractivity contribution in [3.63, 3.8) is 0 Å². The number of ether oxygens (including phenoxy) is 1. The number of thioether (sulfide) groups is 1. The SMILES string of the molecule is COc1ccc(C(CC(=O)NCc2cn3c(n2)SCC3)c2oc(C)cc(=O)c2O)cc1. The van der Waals surface area contributed by atoms with Crippen LogP contribution in [0.25, 0.3) is 0 Å². The highest BCUT2D eigenvalue weighted by Crippen LogP contribution is 2.34. The fourth-order valence-electron chi connectivity index (χ4n) is 3.55. The van der Waals surface area contributed by atoms with Gasteiger partial charge in [0.25, 0.3) is 0 Å². The number of imidazole rings is 1. The van der Waals surface area contributed by atoms with E-state index < -0.39 is 17.1 Å². The number of hydrogen-bond donors (Lipinski definition) is 2. The molecule has 1 atom stereocenters. The van der Waals surface area contributed by atoms with Gasteiger partial charge in [0.1, 0.15) is 11.5 Å². The number of carbonyl (C=O) groups excluding carboxylic acids is 1. The van der Waals surface area contributed by atoms with E-state index in [1.165, 1.54) is 6.07 Å². The summed E-state index contributed by atoms with van der Waals surface area (Å²) >= 11 is 1.69. The van der Waals surface area contributed by atoms with Crippen molar-refractivity contribution in [2.75, 3.05) is 12.9 Å². The Morgan fingerprint density at radius 3 is 2.87 bits per heavy atom. The lowest BCUT2D eigenvalue weighted by Crippen LogP contribution is -2.25. The van der Waals surface area contributed by atoms with E-state index in [1.54, 1.807) is 50.1 Å². The summed E-state index contributed by atoms with van der Waals surface area (Å²) in [5, 5.41) is 14.2. The molecule has 1 aromatic carbocycles. The molecule has 0 spiro atoms. The molecule has 3 heterocycles. The molecule has 9 heteroatoms. The highest BCUT2D eigenvalue weighted by atomic mass is 32.2. The van der Waals surface area contributed by atoms with Crippen molar-refractivity contribution < 1.29 is 19.1 Å². The number of amides is 1. The summed E-state index contributed by atoms with van der Waals surface area (Å²) in [6, 6.07) is 8.32. The largest absolute Gasteiger partial charge is 0.502 e. The molecule has 4 rings (SSSR count). The van der Waals surface area contributed by atoms with Gasteiger partial charge in [-0.3, -0.25) is 9.59 Å². The second kappa shape index (κ2) is 8.89. The smallest absolute Gasteiger partial charge is 0.227 e. The van der Waals surface area contributed by atoms with Crippen LogP contribution in [0.3, 0.4) is 0 Å². The van der Waals surface area contributed by atoms with Crippen molar-refractivity contribution in [2.45, 2.75) is 37.5 Å². The summed E-state index contributed by atoms with van der Waals surface area (Å²) in [4.78, 5) is 29.4. The van der Waals surface area contributed by atoms with Gasteiger partial charge in [0, 0.05) is 31.0 Å². The number of aromatic nitrogens is 2. The lowest BCUT2D eigenvalue weighted by atomic mass is 9.91. The maximum atomic E-state index is 12.8. The molecule has 1 aliphatic rings. The lowest BCUT2D eigenvalue weighted by Gasteiger charge is -2.18. The molecule has 162 valence electrons. The van der Waals surface area contributed by atoms with E-state index >= 15 is 0 Å². The summed E-state index contributed by atoms with van der Waals surface area (Å²) in [5.74, 6) is 0.744. The van der Waals surface area contributed by atoms with Crippen molar-refractivity contribution in [1.82, 2.24) is 14.9 Å². The third-order valence-corrected chi connectivity index (χ3v) is 6.09. The van der Waals surface area contributed by atoms with Gasteiger partial charge < -0.3 is 24.1 Å². The van der Waals surface area contributed by atoms with Gasteiger partial charge in [-0.05, 0) is 24.6 Å². The number of fused-ring (bicyclic) bond motifs is 1. The van der Waals surface area contributed by atoms with Crippen molar-refractivity contribution in [1.29, 1.82) is 0 Å². The third kappa shape index (κ3) is 4.61. The maximum absolute atomic E-state index is 12.8. The first-order valence-electron chi connectivity index (χ1n) is 9.87. The third-order valence-electron chi connectivity index (χ3n) is 5.12. The normalized spacial score (nSPS) is 13.6. The van der Waals surface area contributed by atoms with Crippen molar-refractivity contribution in [3.05, 3.63) is 69.5 Å². The van der Waals surface area contributed by atoms with Crippen LogP contribution in [0.4, 0.5) is 0 Å². The molecule has 2 aromatic heterocycles. The Labute approximate surface area is 183 Å². The molecule has 31 heavy (non-hydrogen) atoms. The molecule has 0 saturated heterocycles. The van der Waals surface area contributed by atoms with E-state index in [1.807, 2.05) is 6.20 Å². The predicted octanol–water partition coefficient (Wildman–Crippen LogP) is 2.80. The van der Waals surface area contributed by atoms with Crippen LogP contribution in [0.5, 0.6) is 11.5 Å². The van der Waals surface area contributed by atoms with E-state index in [4.69, 9.17) is 9.15 Å². The first kappa shape index (κ1) is 21.0. The zero-order valence-corrected chi connectivity index (χ0v) is 18.1. The standard InChI is InChI=1S/C22H23N3O5S/c1-13-9-18(26)20(28)21(30-13)17(14-3-5-16(29-2)6-4-14)10-19(27)23-11-15-12-25-7-8-31-22(25)24-15/h3-6,9,12,17,28H,7-8,10-11H2,1-2H3,(H,23,27). The molecular weight excluding hydrogens is 418 g/mol. The first-order valence-corrected chi connectivity index (χ1v) is 10.9. The molecule has 0 saturated carbocycles. The Morgan fingerprint density at radius 2 is 2.16 bits per heavy atom. The van der Waals surface area contributed by atoms with Crippen LogP contribution in [0.2, 0.25) is 0 Å². The fraction of sp³-hybridized carbons (Fsp3) is 0.318. The number of benzene rings is 1. The fourth-order valence-corrected chi connectivity index (χ4v) is 4.52.